The van der Waals surface area contributed by atoms with Crippen LogP contribution in [-0.4, -0.2) is 10.7 Å². The molecule has 22 heavy (non-hydrogen) atoms. The molecule has 0 aliphatic carbocycles. The Kier molecular flexibility index (Phi) is 6.78. The largest absolute Gasteiger partial charge is 0.474 e. The van der Waals surface area contributed by atoms with E-state index in [9.17, 15) is 14.9 Å². The van der Waals surface area contributed by atoms with E-state index in [2.05, 4.69) is 17.9 Å². The van der Waals surface area contributed by atoms with Gasteiger partial charge >= 0.3 is 0 Å². The van der Waals surface area contributed by atoms with Crippen LogP contribution in [0.25, 0.3) is 0 Å². The maximum absolute atomic E-state index is 12.1. The minimum absolute atomic E-state index is 0.115. The lowest BCUT2D eigenvalue weighted by molar-refractivity contribution is -0.385. The second-order valence-electron chi connectivity index (χ2n) is 3.94. The van der Waals surface area contributed by atoms with Crippen LogP contribution in [0.3, 0.4) is 0 Å². The second-order valence-corrected chi connectivity index (χ2v) is 3.94. The van der Waals surface area contributed by atoms with Crippen LogP contribution in [0.5, 0.6) is 0 Å². The number of hydrogen-bond donors (Lipinski definition) is 0. The molecule has 0 saturated carbocycles. The summed E-state index contributed by atoms with van der Waals surface area (Å²) in [5.74, 6) is -0.335. The highest BCUT2D eigenvalue weighted by molar-refractivity contribution is 6.11. The number of nitrogens with zero attached hydrogens (tertiary/aromatic N) is 1. The van der Waals surface area contributed by atoms with Gasteiger partial charge in [-0.1, -0.05) is 55.6 Å². The van der Waals surface area contributed by atoms with Crippen molar-refractivity contribution in [3.05, 3.63) is 102 Å². The van der Waals surface area contributed by atoms with E-state index >= 15 is 0 Å². The van der Waals surface area contributed by atoms with E-state index < -0.39 is 4.92 Å². The fraction of sp³-hybridized carbons (Fsp3) is 0. The van der Waals surface area contributed by atoms with Gasteiger partial charge in [0.1, 0.15) is 5.56 Å². The van der Waals surface area contributed by atoms with Crippen molar-refractivity contribution in [2.45, 2.75) is 0 Å². The third-order valence-corrected chi connectivity index (χ3v) is 2.57. The fourth-order valence-electron chi connectivity index (χ4n) is 1.64. The van der Waals surface area contributed by atoms with E-state index in [-0.39, 0.29) is 17.0 Å². The molecular weight excluding hydrogens is 282 g/mol. The summed E-state index contributed by atoms with van der Waals surface area (Å²) in [7, 11) is 0. The van der Waals surface area contributed by atoms with Crippen LogP contribution in [0, 0.1) is 10.1 Å². The number of carbonyl (C=O) groups is 1. The maximum atomic E-state index is 12.1. The van der Waals surface area contributed by atoms with Crippen molar-refractivity contribution in [1.29, 1.82) is 0 Å². The minimum Gasteiger partial charge on any atom is -0.474 e. The number of ketones is 1. The summed E-state index contributed by atoms with van der Waals surface area (Å²) >= 11 is 0. The number of benzene rings is 2. The normalized spacial score (nSPS) is 8.91. The lowest BCUT2D eigenvalue weighted by Gasteiger charge is -2.01. The molecule has 0 fully saturated rings. The van der Waals surface area contributed by atoms with Crippen molar-refractivity contribution in [1.82, 2.24) is 0 Å². The van der Waals surface area contributed by atoms with Gasteiger partial charge in [-0.15, -0.1) is 0 Å². The van der Waals surface area contributed by atoms with E-state index in [1.54, 1.807) is 42.5 Å². The highest BCUT2D eigenvalue weighted by atomic mass is 16.6. The zero-order valence-electron chi connectivity index (χ0n) is 11.8. The maximum Gasteiger partial charge on any atom is 0.280 e. The number of nitro benzene ring substituents is 1. The van der Waals surface area contributed by atoms with Gasteiger partial charge in [-0.2, -0.15) is 0 Å². The zero-order valence-corrected chi connectivity index (χ0v) is 11.8. The lowest BCUT2D eigenvalue weighted by atomic mass is 10.0. The van der Waals surface area contributed by atoms with Gasteiger partial charge in [-0.3, -0.25) is 14.9 Å². The Labute approximate surface area is 128 Å². The standard InChI is InChI=1S/C13H9NO3.C4H6O/c15-13(10-6-2-1-3-7-10)11-8-4-5-9-12(11)14(16)17;1-3-5-4-2/h1-9H;3-4H,1-2H2. The first-order chi connectivity index (χ1) is 10.6. The number of ether oxygens (including phenoxy) is 1. The van der Waals surface area contributed by atoms with E-state index in [1.807, 2.05) is 0 Å². The molecule has 112 valence electrons. The molecule has 2 aromatic rings. The number of hydrogen-bond acceptors (Lipinski definition) is 4. The first-order valence-electron chi connectivity index (χ1n) is 6.32. The Hall–Kier alpha value is -3.21. The average Bonchev–Trinajstić information content (AvgIpc) is 2.56. The van der Waals surface area contributed by atoms with Crippen molar-refractivity contribution in [2.24, 2.45) is 0 Å². The van der Waals surface area contributed by atoms with Crippen LogP contribution < -0.4 is 0 Å². The first-order valence-corrected chi connectivity index (χ1v) is 6.32. The monoisotopic (exact) mass is 297 g/mol. The van der Waals surface area contributed by atoms with Crippen molar-refractivity contribution < 1.29 is 14.5 Å². The molecule has 0 atom stereocenters. The summed E-state index contributed by atoms with van der Waals surface area (Å²) in [5.41, 5.74) is 0.395. The first kappa shape index (κ1) is 16.8. The second kappa shape index (κ2) is 8.86. The summed E-state index contributed by atoms with van der Waals surface area (Å²) in [6.07, 6.45) is 2.62. The Bertz CT molecular complexity index is 659. The van der Waals surface area contributed by atoms with Crippen molar-refractivity contribution >= 4 is 11.5 Å². The zero-order chi connectivity index (χ0) is 16.4. The topological polar surface area (TPSA) is 69.4 Å². The quantitative estimate of drug-likeness (QED) is 0.360. The molecule has 0 unspecified atom stereocenters. The Morgan fingerprint density at radius 2 is 1.55 bits per heavy atom. The predicted octanol–water partition coefficient (Wildman–Crippen LogP) is 4.12. The molecule has 0 N–H and O–H groups in total. The highest BCUT2D eigenvalue weighted by Crippen LogP contribution is 2.20. The van der Waals surface area contributed by atoms with Gasteiger partial charge < -0.3 is 4.74 Å². The van der Waals surface area contributed by atoms with E-state index in [4.69, 9.17) is 0 Å². The molecule has 0 aliphatic heterocycles. The SMILES string of the molecule is C=COC=C.O=C(c1ccccc1)c1ccccc1[N+](=O)[O-]. The highest BCUT2D eigenvalue weighted by Gasteiger charge is 2.19. The molecule has 0 radical (unpaired) electrons. The third-order valence-electron chi connectivity index (χ3n) is 2.57. The number of nitro groups is 1. The van der Waals surface area contributed by atoms with Gasteiger partial charge in [0, 0.05) is 11.6 Å². The van der Waals surface area contributed by atoms with Crippen molar-refractivity contribution in [3.8, 4) is 0 Å². The molecule has 0 aliphatic rings. The molecule has 0 aromatic heterocycles. The van der Waals surface area contributed by atoms with Gasteiger partial charge in [0.2, 0.25) is 0 Å². The summed E-state index contributed by atoms with van der Waals surface area (Å²) in [6, 6.07) is 14.5. The molecule has 0 spiro atoms. The van der Waals surface area contributed by atoms with Crippen LogP contribution in [-0.2, 0) is 4.74 Å². The van der Waals surface area contributed by atoms with Gasteiger partial charge in [-0.05, 0) is 6.07 Å². The van der Waals surface area contributed by atoms with Crippen LogP contribution in [0.1, 0.15) is 15.9 Å². The summed E-state index contributed by atoms with van der Waals surface area (Å²) in [5, 5.41) is 10.8. The molecule has 0 amide bonds. The van der Waals surface area contributed by atoms with Crippen LogP contribution in [0.4, 0.5) is 5.69 Å². The number of para-hydroxylation sites is 1. The Morgan fingerprint density at radius 3 is 2.05 bits per heavy atom. The van der Waals surface area contributed by atoms with Gasteiger partial charge in [0.05, 0.1) is 17.4 Å². The minimum atomic E-state index is -0.545. The summed E-state index contributed by atoms with van der Waals surface area (Å²) in [6.45, 7) is 6.51. The summed E-state index contributed by atoms with van der Waals surface area (Å²) < 4.78 is 4.36. The van der Waals surface area contributed by atoms with Crippen molar-refractivity contribution in [3.63, 3.8) is 0 Å². The fourth-order valence-corrected chi connectivity index (χ4v) is 1.64. The van der Waals surface area contributed by atoms with E-state index in [0.717, 1.165) is 0 Å². The van der Waals surface area contributed by atoms with Crippen molar-refractivity contribution in [2.75, 3.05) is 0 Å². The molecule has 2 rings (SSSR count). The van der Waals surface area contributed by atoms with Gasteiger partial charge in [0.15, 0.2) is 5.78 Å². The average molecular weight is 297 g/mol. The smallest absolute Gasteiger partial charge is 0.280 e. The van der Waals surface area contributed by atoms with Crippen LogP contribution in [0.2, 0.25) is 0 Å². The molecule has 0 bridgehead atoms. The number of rotatable bonds is 5. The Balaban J connectivity index is 0.000000422. The third kappa shape index (κ3) is 4.72. The van der Waals surface area contributed by atoms with Crippen LogP contribution in [0.15, 0.2) is 80.3 Å². The summed E-state index contributed by atoms with van der Waals surface area (Å²) in [4.78, 5) is 22.3. The molecule has 0 heterocycles. The predicted molar refractivity (Wildman–Crippen MR) is 84.4 cm³/mol. The Morgan fingerprint density at radius 1 is 1.00 bits per heavy atom. The number of carbonyl (C=O) groups excluding carboxylic acids is 1. The lowest BCUT2D eigenvalue weighted by Crippen LogP contribution is -2.04. The molecule has 2 aromatic carbocycles. The molecule has 5 nitrogen and oxygen atoms in total. The van der Waals surface area contributed by atoms with E-state index in [1.165, 1.54) is 24.7 Å². The van der Waals surface area contributed by atoms with Crippen LogP contribution >= 0.6 is 0 Å². The molecule has 5 heteroatoms. The van der Waals surface area contributed by atoms with Gasteiger partial charge in [0.25, 0.3) is 5.69 Å². The molecular formula is C17H15NO4. The van der Waals surface area contributed by atoms with E-state index in [0.29, 0.717) is 5.56 Å². The molecule has 0 saturated heterocycles. The van der Waals surface area contributed by atoms with Gasteiger partial charge in [-0.25, -0.2) is 0 Å².